The molecule has 18 heavy (non-hydrogen) atoms. The summed E-state index contributed by atoms with van der Waals surface area (Å²) in [5.74, 6) is 6.08. The van der Waals surface area contributed by atoms with Crippen molar-refractivity contribution in [1.82, 2.24) is 19.8 Å². The van der Waals surface area contributed by atoms with Crippen LogP contribution in [-0.4, -0.2) is 20.2 Å². The van der Waals surface area contributed by atoms with Crippen LogP contribution in [0.15, 0.2) is 22.5 Å². The van der Waals surface area contributed by atoms with Crippen molar-refractivity contribution in [3.63, 3.8) is 0 Å². The van der Waals surface area contributed by atoms with Crippen LogP contribution in [-0.2, 0) is 5.75 Å². The van der Waals surface area contributed by atoms with Crippen molar-refractivity contribution in [2.75, 3.05) is 0 Å². The van der Waals surface area contributed by atoms with Crippen LogP contribution in [0, 0.1) is 6.92 Å². The van der Waals surface area contributed by atoms with Gasteiger partial charge in [-0.15, -0.1) is 0 Å². The number of hydrogen-bond acceptors (Lipinski definition) is 7. The molecular formula is C10H11N5OS2. The van der Waals surface area contributed by atoms with E-state index in [4.69, 9.17) is 5.84 Å². The number of aryl methyl sites for hydroxylation is 1. The molecule has 1 amide bonds. The maximum atomic E-state index is 11.3. The highest BCUT2D eigenvalue weighted by Crippen LogP contribution is 2.23. The quantitative estimate of drug-likeness (QED) is 0.378. The first-order valence-electron chi connectivity index (χ1n) is 5.09. The Labute approximate surface area is 112 Å². The first kappa shape index (κ1) is 12.9. The zero-order valence-electron chi connectivity index (χ0n) is 9.58. The summed E-state index contributed by atoms with van der Waals surface area (Å²) in [5.41, 5.74) is 3.17. The molecule has 0 saturated heterocycles. The Bertz CT molecular complexity index is 557. The number of pyridine rings is 1. The monoisotopic (exact) mass is 281 g/mol. The number of carbonyl (C=O) groups excluding carboxylic acids is 1. The fourth-order valence-corrected chi connectivity index (χ4v) is 2.78. The molecule has 0 spiro atoms. The molecule has 0 aliphatic heterocycles. The third kappa shape index (κ3) is 3.25. The van der Waals surface area contributed by atoms with Gasteiger partial charge in [-0.05, 0) is 30.6 Å². The molecule has 0 aliphatic rings. The maximum Gasteiger partial charge on any atom is 0.283 e. The Balaban J connectivity index is 2.03. The van der Waals surface area contributed by atoms with Gasteiger partial charge in [-0.3, -0.25) is 10.2 Å². The molecule has 0 radical (unpaired) electrons. The minimum absolute atomic E-state index is 0.309. The summed E-state index contributed by atoms with van der Waals surface area (Å²) in [6.07, 6.45) is 0. The van der Waals surface area contributed by atoms with E-state index >= 15 is 0 Å². The van der Waals surface area contributed by atoms with Crippen LogP contribution in [0.2, 0.25) is 0 Å². The second-order valence-electron chi connectivity index (χ2n) is 3.38. The highest BCUT2D eigenvalue weighted by atomic mass is 32.2. The summed E-state index contributed by atoms with van der Waals surface area (Å²) in [7, 11) is 0. The van der Waals surface area contributed by atoms with Crippen molar-refractivity contribution in [2.24, 2.45) is 5.84 Å². The predicted molar refractivity (Wildman–Crippen MR) is 70.1 cm³/mol. The first-order chi connectivity index (χ1) is 8.69. The SMILES string of the molecule is Cc1nsc(SCc2cccc(C(=O)NN)n2)n1. The van der Waals surface area contributed by atoms with Crippen LogP contribution in [0.4, 0.5) is 0 Å². The highest BCUT2D eigenvalue weighted by molar-refractivity contribution is 8.00. The molecule has 2 aromatic heterocycles. The van der Waals surface area contributed by atoms with E-state index in [1.165, 1.54) is 11.5 Å². The number of nitrogen functional groups attached to an aromatic ring is 1. The molecule has 0 unspecified atom stereocenters. The maximum absolute atomic E-state index is 11.3. The van der Waals surface area contributed by atoms with Gasteiger partial charge in [0.05, 0.1) is 5.69 Å². The van der Waals surface area contributed by atoms with E-state index in [1.807, 2.05) is 13.0 Å². The van der Waals surface area contributed by atoms with Crippen molar-refractivity contribution < 1.29 is 4.79 Å². The van der Waals surface area contributed by atoms with Gasteiger partial charge in [0.2, 0.25) is 0 Å². The summed E-state index contributed by atoms with van der Waals surface area (Å²) >= 11 is 2.90. The number of nitrogens with zero attached hydrogens (tertiary/aromatic N) is 3. The number of nitrogens with one attached hydrogen (secondary N) is 1. The number of amides is 1. The number of hydrazine groups is 1. The molecule has 2 rings (SSSR count). The molecular weight excluding hydrogens is 270 g/mol. The molecule has 0 saturated carbocycles. The van der Waals surface area contributed by atoms with Crippen molar-refractivity contribution in [2.45, 2.75) is 17.0 Å². The normalized spacial score (nSPS) is 10.3. The summed E-state index contributed by atoms with van der Waals surface area (Å²) in [5, 5.41) is 0. The third-order valence-corrected chi connectivity index (χ3v) is 3.98. The molecule has 3 N–H and O–H groups in total. The lowest BCUT2D eigenvalue weighted by Gasteiger charge is -2.02. The van der Waals surface area contributed by atoms with Crippen LogP contribution in [0.25, 0.3) is 0 Å². The Morgan fingerprint density at radius 3 is 3.00 bits per heavy atom. The van der Waals surface area contributed by atoms with E-state index in [1.54, 1.807) is 23.9 Å². The Morgan fingerprint density at radius 2 is 2.33 bits per heavy atom. The lowest BCUT2D eigenvalue weighted by Crippen LogP contribution is -2.30. The lowest BCUT2D eigenvalue weighted by atomic mass is 10.3. The van der Waals surface area contributed by atoms with Gasteiger partial charge < -0.3 is 0 Å². The Morgan fingerprint density at radius 1 is 1.50 bits per heavy atom. The van der Waals surface area contributed by atoms with E-state index in [-0.39, 0.29) is 0 Å². The lowest BCUT2D eigenvalue weighted by molar-refractivity contribution is 0.0948. The van der Waals surface area contributed by atoms with Gasteiger partial charge in [-0.1, -0.05) is 17.8 Å². The fraction of sp³-hybridized carbons (Fsp3) is 0.200. The van der Waals surface area contributed by atoms with E-state index in [2.05, 4.69) is 19.8 Å². The molecule has 0 atom stereocenters. The molecule has 2 aromatic rings. The van der Waals surface area contributed by atoms with Crippen LogP contribution >= 0.6 is 23.3 Å². The second-order valence-corrected chi connectivity index (χ2v) is 5.36. The fourth-order valence-electron chi connectivity index (χ4n) is 1.23. The molecule has 0 bridgehead atoms. The minimum Gasteiger partial charge on any atom is -0.289 e. The van der Waals surface area contributed by atoms with Gasteiger partial charge in [0.15, 0.2) is 4.34 Å². The highest BCUT2D eigenvalue weighted by Gasteiger charge is 2.07. The van der Waals surface area contributed by atoms with Gasteiger partial charge in [-0.25, -0.2) is 15.8 Å². The average Bonchev–Trinajstić information content (AvgIpc) is 2.81. The first-order valence-corrected chi connectivity index (χ1v) is 6.85. The van der Waals surface area contributed by atoms with Gasteiger partial charge in [0, 0.05) is 5.75 Å². The van der Waals surface area contributed by atoms with Crippen LogP contribution < -0.4 is 11.3 Å². The number of nitrogens with two attached hydrogens (primary N) is 1. The Hall–Kier alpha value is -1.51. The van der Waals surface area contributed by atoms with E-state index in [0.29, 0.717) is 11.4 Å². The number of thioether (sulfide) groups is 1. The van der Waals surface area contributed by atoms with Crippen LogP contribution in [0.3, 0.4) is 0 Å². The van der Waals surface area contributed by atoms with Gasteiger partial charge in [0.1, 0.15) is 11.5 Å². The van der Waals surface area contributed by atoms with Crippen molar-refractivity contribution in [3.05, 3.63) is 35.4 Å². The zero-order valence-corrected chi connectivity index (χ0v) is 11.2. The smallest absolute Gasteiger partial charge is 0.283 e. The van der Waals surface area contributed by atoms with Gasteiger partial charge in [0.25, 0.3) is 5.91 Å². The Kier molecular flexibility index (Phi) is 4.24. The van der Waals surface area contributed by atoms with E-state index < -0.39 is 5.91 Å². The van der Waals surface area contributed by atoms with E-state index in [0.717, 1.165) is 15.9 Å². The predicted octanol–water partition coefficient (Wildman–Crippen LogP) is 1.14. The number of aromatic nitrogens is 3. The summed E-state index contributed by atoms with van der Waals surface area (Å²) in [6.45, 7) is 1.85. The molecule has 0 fully saturated rings. The minimum atomic E-state index is -0.395. The standard InChI is InChI=1S/C10H11N5OS2/c1-6-12-10(18-15-6)17-5-7-3-2-4-8(13-7)9(16)14-11/h2-4H,5,11H2,1H3,(H,14,16). The third-order valence-electron chi connectivity index (χ3n) is 2.02. The molecule has 8 heteroatoms. The largest absolute Gasteiger partial charge is 0.289 e. The molecule has 2 heterocycles. The van der Waals surface area contributed by atoms with Crippen LogP contribution in [0.5, 0.6) is 0 Å². The number of carbonyl (C=O) groups is 1. The molecule has 0 aliphatic carbocycles. The number of rotatable bonds is 4. The topological polar surface area (TPSA) is 93.8 Å². The van der Waals surface area contributed by atoms with Crippen molar-refractivity contribution in [3.8, 4) is 0 Å². The number of hydrogen-bond donors (Lipinski definition) is 2. The van der Waals surface area contributed by atoms with Gasteiger partial charge >= 0.3 is 0 Å². The van der Waals surface area contributed by atoms with Crippen molar-refractivity contribution in [1.29, 1.82) is 0 Å². The van der Waals surface area contributed by atoms with E-state index in [9.17, 15) is 4.79 Å². The molecule has 0 aromatic carbocycles. The molecule has 94 valence electrons. The second kappa shape index (κ2) is 5.89. The summed E-state index contributed by atoms with van der Waals surface area (Å²) in [4.78, 5) is 19.8. The zero-order chi connectivity index (χ0) is 13.0. The van der Waals surface area contributed by atoms with Crippen LogP contribution in [0.1, 0.15) is 22.0 Å². The van der Waals surface area contributed by atoms with Crippen molar-refractivity contribution >= 4 is 29.2 Å². The summed E-state index contributed by atoms with van der Waals surface area (Å²) < 4.78 is 4.99. The molecule has 6 nitrogen and oxygen atoms in total. The van der Waals surface area contributed by atoms with Gasteiger partial charge in [-0.2, -0.15) is 4.37 Å². The average molecular weight is 281 g/mol. The summed E-state index contributed by atoms with van der Waals surface area (Å²) in [6, 6.07) is 5.25.